The van der Waals surface area contributed by atoms with E-state index in [0.29, 0.717) is 10.3 Å². The molecule has 1 N–H and O–H groups in total. The van der Waals surface area contributed by atoms with Crippen molar-refractivity contribution in [3.8, 4) is 0 Å². The highest BCUT2D eigenvalue weighted by Gasteiger charge is 2.32. The maximum Gasteiger partial charge on any atom is 0.252 e. The van der Waals surface area contributed by atoms with Gasteiger partial charge in [0.05, 0.1) is 0 Å². The van der Waals surface area contributed by atoms with Gasteiger partial charge in [-0.2, -0.15) is 4.31 Å². The Morgan fingerprint density at radius 1 is 1.40 bits per heavy atom. The van der Waals surface area contributed by atoms with Crippen molar-refractivity contribution < 1.29 is 8.42 Å². The van der Waals surface area contributed by atoms with E-state index in [9.17, 15) is 8.42 Å². The SMILES string of the molecule is CC(C)NCCc1ccc(S(=O)(=O)N(C)C2CCC2)s1. The summed E-state index contributed by atoms with van der Waals surface area (Å²) in [6.07, 6.45) is 4.01. The molecule has 0 atom stereocenters. The lowest BCUT2D eigenvalue weighted by Gasteiger charge is -2.33. The number of sulfonamides is 1. The molecule has 20 heavy (non-hydrogen) atoms. The van der Waals surface area contributed by atoms with E-state index in [1.54, 1.807) is 17.4 Å². The summed E-state index contributed by atoms with van der Waals surface area (Å²) in [5.41, 5.74) is 0. The van der Waals surface area contributed by atoms with Crippen molar-refractivity contribution in [3.05, 3.63) is 17.0 Å². The third-order valence-electron chi connectivity index (χ3n) is 3.78. The maximum atomic E-state index is 12.5. The molecule has 1 aliphatic carbocycles. The first kappa shape index (κ1) is 15.9. The Balaban J connectivity index is 1.99. The van der Waals surface area contributed by atoms with Crippen LogP contribution in [0.2, 0.25) is 0 Å². The van der Waals surface area contributed by atoms with Crippen molar-refractivity contribution in [1.29, 1.82) is 0 Å². The highest BCUT2D eigenvalue weighted by Crippen LogP contribution is 2.31. The predicted molar refractivity (Wildman–Crippen MR) is 83.7 cm³/mol. The molecule has 1 fully saturated rings. The zero-order valence-corrected chi connectivity index (χ0v) is 14.1. The molecule has 0 amide bonds. The van der Waals surface area contributed by atoms with Crippen LogP contribution in [0, 0.1) is 0 Å². The number of hydrogen-bond donors (Lipinski definition) is 1. The van der Waals surface area contributed by atoms with Gasteiger partial charge in [0.1, 0.15) is 4.21 Å². The van der Waals surface area contributed by atoms with Crippen LogP contribution in [0.3, 0.4) is 0 Å². The second-order valence-corrected chi connectivity index (χ2v) is 9.08. The van der Waals surface area contributed by atoms with E-state index in [2.05, 4.69) is 19.2 Å². The Labute approximate surface area is 126 Å². The Morgan fingerprint density at radius 3 is 2.65 bits per heavy atom. The van der Waals surface area contributed by atoms with Crippen LogP contribution in [0.25, 0.3) is 0 Å². The van der Waals surface area contributed by atoms with Crippen molar-refractivity contribution in [1.82, 2.24) is 9.62 Å². The summed E-state index contributed by atoms with van der Waals surface area (Å²) in [6.45, 7) is 5.10. The second-order valence-electron chi connectivity index (χ2n) is 5.69. The molecule has 0 saturated heterocycles. The van der Waals surface area contributed by atoms with Crippen molar-refractivity contribution in [2.24, 2.45) is 0 Å². The van der Waals surface area contributed by atoms with Crippen molar-refractivity contribution in [3.63, 3.8) is 0 Å². The second kappa shape index (κ2) is 6.56. The lowest BCUT2D eigenvalue weighted by atomic mass is 9.94. The van der Waals surface area contributed by atoms with Crippen LogP contribution in [0.5, 0.6) is 0 Å². The maximum absolute atomic E-state index is 12.5. The van der Waals surface area contributed by atoms with Gasteiger partial charge < -0.3 is 5.32 Å². The third kappa shape index (κ3) is 3.61. The topological polar surface area (TPSA) is 49.4 Å². The zero-order valence-electron chi connectivity index (χ0n) is 12.4. The summed E-state index contributed by atoms with van der Waals surface area (Å²) in [6, 6.07) is 4.35. The van der Waals surface area contributed by atoms with Gasteiger partial charge in [0, 0.05) is 30.6 Å². The fourth-order valence-corrected chi connectivity index (χ4v) is 5.16. The summed E-state index contributed by atoms with van der Waals surface area (Å²) in [5.74, 6) is 0. The summed E-state index contributed by atoms with van der Waals surface area (Å²) in [4.78, 5) is 1.12. The first-order valence-corrected chi connectivity index (χ1v) is 9.47. The molecule has 0 aliphatic heterocycles. The summed E-state index contributed by atoms with van der Waals surface area (Å²) < 4.78 is 27.0. The average Bonchev–Trinajstić information content (AvgIpc) is 2.75. The monoisotopic (exact) mass is 316 g/mol. The Morgan fingerprint density at radius 2 is 2.10 bits per heavy atom. The van der Waals surface area contributed by atoms with Crippen LogP contribution in [0.1, 0.15) is 38.0 Å². The number of nitrogens with one attached hydrogen (secondary N) is 1. The van der Waals surface area contributed by atoms with E-state index in [1.165, 1.54) is 11.3 Å². The third-order valence-corrected chi connectivity index (χ3v) is 7.31. The molecule has 1 heterocycles. The minimum Gasteiger partial charge on any atom is -0.314 e. The van der Waals surface area contributed by atoms with E-state index in [-0.39, 0.29) is 6.04 Å². The van der Waals surface area contributed by atoms with Gasteiger partial charge in [-0.15, -0.1) is 11.3 Å². The van der Waals surface area contributed by atoms with Gasteiger partial charge in [0.25, 0.3) is 10.0 Å². The molecular weight excluding hydrogens is 292 g/mol. The average molecular weight is 316 g/mol. The molecule has 1 saturated carbocycles. The molecule has 2 rings (SSSR count). The predicted octanol–water partition coefficient (Wildman–Crippen LogP) is 2.46. The molecule has 4 nitrogen and oxygen atoms in total. The molecule has 0 aromatic carbocycles. The lowest BCUT2D eigenvalue weighted by Crippen LogP contribution is -2.40. The van der Waals surface area contributed by atoms with Gasteiger partial charge in [-0.3, -0.25) is 0 Å². The molecule has 114 valence electrons. The fourth-order valence-electron chi connectivity index (χ4n) is 2.20. The molecule has 1 aromatic rings. The van der Waals surface area contributed by atoms with Crippen LogP contribution >= 0.6 is 11.3 Å². The summed E-state index contributed by atoms with van der Waals surface area (Å²) in [7, 11) is -1.58. The van der Waals surface area contributed by atoms with Crippen LogP contribution in [0.4, 0.5) is 0 Å². The van der Waals surface area contributed by atoms with E-state index in [4.69, 9.17) is 0 Å². The highest BCUT2D eigenvalue weighted by atomic mass is 32.2. The fraction of sp³-hybridized carbons (Fsp3) is 0.714. The molecule has 0 radical (unpaired) electrons. The van der Waals surface area contributed by atoms with Gasteiger partial charge in [-0.25, -0.2) is 8.42 Å². The number of hydrogen-bond acceptors (Lipinski definition) is 4. The lowest BCUT2D eigenvalue weighted by molar-refractivity contribution is 0.250. The van der Waals surface area contributed by atoms with E-state index >= 15 is 0 Å². The quantitative estimate of drug-likeness (QED) is 0.840. The normalized spacial score (nSPS) is 16.9. The first-order valence-electron chi connectivity index (χ1n) is 7.21. The number of rotatable bonds is 7. The smallest absolute Gasteiger partial charge is 0.252 e. The molecule has 1 aliphatic rings. The standard InChI is InChI=1S/C14H24N2O2S2/c1-11(2)15-10-9-13-7-8-14(19-13)20(17,18)16(3)12-5-4-6-12/h7-8,11-12,15H,4-6,9-10H2,1-3H3. The van der Waals surface area contributed by atoms with Crippen molar-refractivity contribution in [2.45, 2.75) is 55.8 Å². The van der Waals surface area contributed by atoms with Gasteiger partial charge >= 0.3 is 0 Å². The molecular formula is C14H24N2O2S2. The van der Waals surface area contributed by atoms with Crippen LogP contribution in [0.15, 0.2) is 16.3 Å². The largest absolute Gasteiger partial charge is 0.314 e. The Hall–Kier alpha value is -0.430. The van der Waals surface area contributed by atoms with Gasteiger partial charge in [0.15, 0.2) is 0 Å². The Bertz CT molecular complexity index is 533. The highest BCUT2D eigenvalue weighted by molar-refractivity contribution is 7.91. The van der Waals surface area contributed by atoms with Crippen LogP contribution < -0.4 is 5.32 Å². The van der Waals surface area contributed by atoms with E-state index in [1.807, 2.05) is 6.07 Å². The number of thiophene rings is 1. The Kier molecular flexibility index (Phi) is 5.23. The van der Waals surface area contributed by atoms with Crippen molar-refractivity contribution in [2.75, 3.05) is 13.6 Å². The van der Waals surface area contributed by atoms with E-state index in [0.717, 1.165) is 37.1 Å². The zero-order chi connectivity index (χ0) is 14.8. The van der Waals surface area contributed by atoms with Gasteiger partial charge in [-0.1, -0.05) is 20.3 Å². The minimum atomic E-state index is -3.29. The van der Waals surface area contributed by atoms with E-state index < -0.39 is 10.0 Å². The molecule has 0 spiro atoms. The molecule has 1 aromatic heterocycles. The van der Waals surface area contributed by atoms with Crippen molar-refractivity contribution >= 4 is 21.4 Å². The van der Waals surface area contributed by atoms with Crippen LogP contribution in [-0.4, -0.2) is 38.4 Å². The number of nitrogens with zero attached hydrogens (tertiary/aromatic N) is 1. The summed E-state index contributed by atoms with van der Waals surface area (Å²) in [5, 5.41) is 3.35. The van der Waals surface area contributed by atoms with Crippen LogP contribution in [-0.2, 0) is 16.4 Å². The minimum absolute atomic E-state index is 0.202. The first-order chi connectivity index (χ1) is 9.41. The molecule has 6 heteroatoms. The summed E-state index contributed by atoms with van der Waals surface area (Å²) >= 11 is 1.40. The molecule has 0 bridgehead atoms. The van der Waals surface area contributed by atoms with Gasteiger partial charge in [-0.05, 0) is 31.4 Å². The van der Waals surface area contributed by atoms with Gasteiger partial charge in [0.2, 0.25) is 0 Å². The molecule has 0 unspecified atom stereocenters.